The van der Waals surface area contributed by atoms with E-state index in [0.29, 0.717) is 18.5 Å². The summed E-state index contributed by atoms with van der Waals surface area (Å²) in [4.78, 5) is 25.0. The van der Waals surface area contributed by atoms with Crippen molar-refractivity contribution in [3.05, 3.63) is 35.4 Å². The minimum Gasteiger partial charge on any atom is -0.480 e. The van der Waals surface area contributed by atoms with Crippen molar-refractivity contribution in [1.29, 1.82) is 0 Å². The van der Waals surface area contributed by atoms with Gasteiger partial charge >= 0.3 is 5.97 Å². The maximum Gasteiger partial charge on any atom is 0.326 e. The monoisotopic (exact) mass is 277 g/mol. The molecule has 0 bridgehead atoms. The Hall–Kier alpha value is -1.84. The highest BCUT2D eigenvalue weighted by Gasteiger charge is 2.36. The first-order valence-electron chi connectivity index (χ1n) is 7.12. The van der Waals surface area contributed by atoms with Gasteiger partial charge in [-0.05, 0) is 24.0 Å². The van der Waals surface area contributed by atoms with Gasteiger partial charge in [-0.3, -0.25) is 4.79 Å². The molecule has 1 N–H and O–H groups in total. The van der Waals surface area contributed by atoms with Gasteiger partial charge < -0.3 is 10.0 Å². The third kappa shape index (κ3) is 3.38. The maximum absolute atomic E-state index is 12.2. The average molecular weight is 277 g/mol. The lowest BCUT2D eigenvalue weighted by Gasteiger charge is -2.25. The fraction of sp³-hybridized carbons (Fsp3) is 0.500. The van der Waals surface area contributed by atoms with E-state index >= 15 is 0 Å². The third-order valence-corrected chi connectivity index (χ3v) is 3.21. The molecule has 1 aliphatic rings. The quantitative estimate of drug-likeness (QED) is 0.919. The Labute approximate surface area is 120 Å². The van der Waals surface area contributed by atoms with Crippen LogP contribution in [0.15, 0.2) is 24.3 Å². The minimum absolute atomic E-state index is 0.168. The summed E-state index contributed by atoms with van der Waals surface area (Å²) in [6.45, 7) is 8.33. The van der Waals surface area contributed by atoms with Crippen LogP contribution < -0.4 is 0 Å². The van der Waals surface area contributed by atoms with Crippen molar-refractivity contribution in [3.8, 4) is 0 Å². The highest BCUT2D eigenvalue weighted by Crippen LogP contribution is 2.26. The first-order chi connectivity index (χ1) is 9.50. The molecule has 0 radical (unpaired) electrons. The van der Waals surface area contributed by atoms with Crippen LogP contribution in [-0.4, -0.2) is 27.9 Å². The van der Waals surface area contributed by atoms with Gasteiger partial charge in [-0.25, -0.2) is 4.79 Å². The lowest BCUT2D eigenvalue weighted by molar-refractivity contribution is -0.143. The van der Waals surface area contributed by atoms with E-state index in [1.165, 1.54) is 4.90 Å². The summed E-state index contributed by atoms with van der Waals surface area (Å²) in [5.74, 6) is -0.855. The zero-order valence-corrected chi connectivity index (χ0v) is 12.6. The zero-order valence-electron chi connectivity index (χ0n) is 12.6. The molecular weight excluding hydrogens is 254 g/mol. The van der Waals surface area contributed by atoms with Crippen LogP contribution in [0.4, 0.5) is 0 Å². The molecule has 2 rings (SSSR count). The molecule has 1 amide bonds. The number of benzene rings is 1. The van der Waals surface area contributed by atoms with E-state index < -0.39 is 12.0 Å². The van der Waals surface area contributed by atoms with Crippen LogP contribution in [-0.2, 0) is 11.3 Å². The van der Waals surface area contributed by atoms with Crippen LogP contribution in [0.1, 0.15) is 50.0 Å². The largest absolute Gasteiger partial charge is 0.480 e. The van der Waals surface area contributed by atoms with Crippen molar-refractivity contribution >= 4 is 11.9 Å². The van der Waals surface area contributed by atoms with Gasteiger partial charge in [-0.15, -0.1) is 0 Å². The van der Waals surface area contributed by atoms with Crippen LogP contribution in [0, 0.1) is 5.92 Å². The van der Waals surface area contributed by atoms with Crippen LogP contribution >= 0.6 is 0 Å². The number of carboxylic acids is 1. The Morgan fingerprint density at radius 2 is 1.90 bits per heavy atom. The van der Waals surface area contributed by atoms with Crippen molar-refractivity contribution < 1.29 is 14.7 Å². The van der Waals surface area contributed by atoms with Crippen molar-refractivity contribution in [2.24, 2.45) is 5.92 Å². The minimum atomic E-state index is -0.926. The molecule has 0 aromatic heterocycles. The fourth-order valence-electron chi connectivity index (χ4n) is 2.34. The molecule has 1 heterocycles. The van der Waals surface area contributed by atoms with E-state index in [2.05, 4.69) is 0 Å². The lowest BCUT2D eigenvalue weighted by atomic mass is 10.0. The molecule has 1 aromatic carbocycles. The topological polar surface area (TPSA) is 57.6 Å². The maximum atomic E-state index is 12.2. The summed E-state index contributed by atoms with van der Waals surface area (Å²) in [5.41, 5.74) is 1.55. The molecule has 20 heavy (non-hydrogen) atoms. The molecule has 110 valence electrons. The molecule has 1 unspecified atom stereocenters. The number of carboxylic acid groups (broad SMARTS) is 1. The Bertz CT molecular complexity index is 482. The van der Waals surface area contributed by atoms with Gasteiger partial charge in [0, 0.05) is 12.1 Å². The summed E-state index contributed by atoms with van der Waals surface area (Å²) >= 11 is 0. The molecule has 0 aliphatic carbocycles. The molecule has 0 saturated heterocycles. The number of aliphatic carboxylic acids is 1. The predicted molar refractivity (Wildman–Crippen MR) is 78.5 cm³/mol. The highest BCUT2D eigenvalue weighted by molar-refractivity contribution is 6.00. The molecule has 0 saturated carbocycles. The van der Waals surface area contributed by atoms with E-state index in [-0.39, 0.29) is 11.8 Å². The van der Waals surface area contributed by atoms with Crippen LogP contribution in [0.25, 0.3) is 0 Å². The van der Waals surface area contributed by atoms with Gasteiger partial charge in [0.25, 0.3) is 5.91 Å². The number of carbonyl (C=O) groups is 2. The van der Waals surface area contributed by atoms with E-state index in [9.17, 15) is 14.7 Å². The molecule has 1 atom stereocenters. The first kappa shape index (κ1) is 16.2. The number of amides is 1. The van der Waals surface area contributed by atoms with Gasteiger partial charge in [0.2, 0.25) is 0 Å². The Balaban J connectivity index is 0.000000956. The van der Waals surface area contributed by atoms with Gasteiger partial charge in [0.1, 0.15) is 6.04 Å². The summed E-state index contributed by atoms with van der Waals surface area (Å²) in [6.07, 6.45) is 0.481. The second-order valence-electron chi connectivity index (χ2n) is 5.07. The third-order valence-electron chi connectivity index (χ3n) is 3.21. The second-order valence-corrected chi connectivity index (χ2v) is 5.07. The number of rotatable bonds is 4. The van der Waals surface area contributed by atoms with E-state index in [4.69, 9.17) is 0 Å². The predicted octanol–water partition coefficient (Wildman–Crippen LogP) is 3.17. The number of nitrogens with zero attached hydrogens (tertiary/aromatic N) is 1. The summed E-state index contributed by atoms with van der Waals surface area (Å²) in [7, 11) is 0. The Morgan fingerprint density at radius 1 is 1.30 bits per heavy atom. The smallest absolute Gasteiger partial charge is 0.326 e. The molecule has 4 heteroatoms. The summed E-state index contributed by atoms with van der Waals surface area (Å²) in [6, 6.07) is 6.57. The SMILES string of the molecule is CC.CC(C)CC(C(=O)O)N1Cc2ccccc2C1=O. The molecular formula is C16H23NO3. The molecule has 4 nitrogen and oxygen atoms in total. The van der Waals surface area contributed by atoms with E-state index in [0.717, 1.165) is 5.56 Å². The van der Waals surface area contributed by atoms with Crippen molar-refractivity contribution in [1.82, 2.24) is 4.90 Å². The summed E-state index contributed by atoms with van der Waals surface area (Å²) < 4.78 is 0. The van der Waals surface area contributed by atoms with Crippen molar-refractivity contribution in [3.63, 3.8) is 0 Å². The van der Waals surface area contributed by atoms with Gasteiger partial charge in [-0.2, -0.15) is 0 Å². The van der Waals surface area contributed by atoms with Gasteiger partial charge in [-0.1, -0.05) is 45.9 Å². The Morgan fingerprint density at radius 3 is 2.40 bits per heavy atom. The molecule has 1 aromatic rings. The fourth-order valence-corrected chi connectivity index (χ4v) is 2.34. The number of hydrogen-bond donors (Lipinski definition) is 1. The van der Waals surface area contributed by atoms with Crippen molar-refractivity contribution in [2.45, 2.75) is 46.7 Å². The zero-order chi connectivity index (χ0) is 15.3. The standard InChI is InChI=1S/C14H17NO3.C2H6/c1-9(2)7-12(14(17)18)15-8-10-5-3-4-6-11(10)13(15)16;1-2/h3-6,9,12H,7-8H2,1-2H3,(H,17,18);1-2H3. The van der Waals surface area contributed by atoms with Crippen LogP contribution in [0.2, 0.25) is 0 Å². The van der Waals surface area contributed by atoms with E-state index in [1.807, 2.05) is 39.8 Å². The lowest BCUT2D eigenvalue weighted by Crippen LogP contribution is -2.42. The van der Waals surface area contributed by atoms with E-state index in [1.54, 1.807) is 12.1 Å². The number of carbonyl (C=O) groups excluding carboxylic acids is 1. The second kappa shape index (κ2) is 7.08. The number of hydrogen-bond acceptors (Lipinski definition) is 2. The molecule has 1 aliphatic heterocycles. The normalized spacial score (nSPS) is 14.7. The Kier molecular flexibility index (Phi) is 5.74. The van der Waals surface area contributed by atoms with Gasteiger partial charge in [0.05, 0.1) is 0 Å². The first-order valence-corrected chi connectivity index (χ1v) is 7.12. The molecule has 0 spiro atoms. The average Bonchev–Trinajstić information content (AvgIpc) is 2.76. The van der Waals surface area contributed by atoms with Crippen LogP contribution in [0.3, 0.4) is 0 Å². The highest BCUT2D eigenvalue weighted by atomic mass is 16.4. The van der Waals surface area contributed by atoms with Gasteiger partial charge in [0.15, 0.2) is 0 Å². The van der Waals surface area contributed by atoms with Crippen molar-refractivity contribution in [2.75, 3.05) is 0 Å². The van der Waals surface area contributed by atoms with Crippen LogP contribution in [0.5, 0.6) is 0 Å². The number of fused-ring (bicyclic) bond motifs is 1. The molecule has 0 fully saturated rings. The summed E-state index contributed by atoms with van der Waals surface area (Å²) in [5, 5.41) is 9.29.